The van der Waals surface area contributed by atoms with Crippen molar-refractivity contribution in [1.82, 2.24) is 9.13 Å². The number of nitro groups is 2. The number of hydrogen-bond acceptors (Lipinski definition) is 12. The van der Waals surface area contributed by atoms with Crippen LogP contribution in [-0.2, 0) is 13.1 Å². The minimum absolute atomic E-state index is 0.00659. The van der Waals surface area contributed by atoms with Crippen LogP contribution in [0.25, 0.3) is 20.4 Å². The van der Waals surface area contributed by atoms with Gasteiger partial charge in [0, 0.05) is 24.3 Å². The Morgan fingerprint density at radius 3 is 1.63 bits per heavy atom. The van der Waals surface area contributed by atoms with Crippen LogP contribution in [0.4, 0.5) is 11.4 Å². The first-order valence-electron chi connectivity index (χ1n) is 14.3. The molecule has 0 saturated carbocycles. The molecule has 0 unspecified atom stereocenters. The number of benzene rings is 2. The molecule has 6 rings (SSSR count). The van der Waals surface area contributed by atoms with Crippen molar-refractivity contribution >= 4 is 66.0 Å². The van der Waals surface area contributed by atoms with Crippen molar-refractivity contribution in [3.63, 3.8) is 0 Å². The minimum Gasteiger partial charge on any atom is -0.502 e. The highest BCUT2D eigenvalue weighted by molar-refractivity contribution is 7.18. The fourth-order valence-electron chi connectivity index (χ4n) is 5.35. The lowest BCUT2D eigenvalue weighted by Gasteiger charge is -2.13. The van der Waals surface area contributed by atoms with E-state index >= 15 is 0 Å². The maximum Gasteiger partial charge on any atom is 0.294 e. The van der Waals surface area contributed by atoms with Crippen molar-refractivity contribution in [2.75, 3.05) is 7.11 Å². The Balaban J connectivity index is 0.000000191. The van der Waals surface area contributed by atoms with E-state index in [0.717, 1.165) is 0 Å². The van der Waals surface area contributed by atoms with Gasteiger partial charge >= 0.3 is 0 Å². The number of Topliss-reactive ketones (excluding diaryl/α,β-unsaturated/α-hetero) is 2. The Kier molecular flexibility index (Phi) is 9.81. The van der Waals surface area contributed by atoms with Crippen molar-refractivity contribution in [2.24, 2.45) is 0 Å². The number of fused-ring (bicyclic) bond motifs is 2. The molecular formula is C33H26N4O10S2. The van der Waals surface area contributed by atoms with Crippen molar-refractivity contribution in [3.8, 4) is 11.5 Å². The summed E-state index contributed by atoms with van der Waals surface area (Å²) in [6.07, 6.45) is 0. The highest BCUT2D eigenvalue weighted by Gasteiger charge is 2.23. The van der Waals surface area contributed by atoms with E-state index in [-0.39, 0.29) is 52.9 Å². The summed E-state index contributed by atoms with van der Waals surface area (Å²) in [6, 6.07) is 15.5. The first-order valence-corrected chi connectivity index (χ1v) is 16.1. The Morgan fingerprint density at radius 1 is 0.755 bits per heavy atom. The zero-order chi connectivity index (χ0) is 35.6. The number of thiophene rings is 2. The number of ketones is 2. The molecule has 250 valence electrons. The Hall–Kier alpha value is -6.00. The van der Waals surface area contributed by atoms with Crippen LogP contribution < -0.4 is 15.9 Å². The highest BCUT2D eigenvalue weighted by Crippen LogP contribution is 2.31. The quantitative estimate of drug-likeness (QED) is 0.104. The van der Waals surface area contributed by atoms with E-state index in [4.69, 9.17) is 4.74 Å². The Bertz CT molecular complexity index is 2420. The number of methoxy groups -OCH3 is 1. The lowest BCUT2D eigenvalue weighted by molar-refractivity contribution is -0.385. The molecule has 0 fully saturated rings. The maximum atomic E-state index is 12.8. The summed E-state index contributed by atoms with van der Waals surface area (Å²) < 4.78 is 9.16. The number of rotatable bonds is 9. The molecule has 0 aliphatic carbocycles. The molecule has 0 amide bonds. The molecule has 6 aromatic rings. The largest absolute Gasteiger partial charge is 0.502 e. The van der Waals surface area contributed by atoms with Gasteiger partial charge in [0.05, 0.1) is 61.6 Å². The molecule has 0 spiro atoms. The second-order valence-electron chi connectivity index (χ2n) is 10.7. The molecule has 0 bridgehead atoms. The van der Waals surface area contributed by atoms with Crippen molar-refractivity contribution in [3.05, 3.63) is 135 Å². The van der Waals surface area contributed by atoms with Crippen LogP contribution in [-0.4, -0.2) is 42.8 Å². The summed E-state index contributed by atoms with van der Waals surface area (Å²) >= 11 is 2.59. The van der Waals surface area contributed by atoms with Gasteiger partial charge < -0.3 is 9.84 Å². The third-order valence-electron chi connectivity index (χ3n) is 7.51. The topological polar surface area (TPSA) is 194 Å². The zero-order valence-electron chi connectivity index (χ0n) is 26.1. The number of hydrogen-bond donors (Lipinski definition) is 1. The molecule has 0 aliphatic rings. The van der Waals surface area contributed by atoms with Gasteiger partial charge in [0.1, 0.15) is 0 Å². The summed E-state index contributed by atoms with van der Waals surface area (Å²) in [5, 5.41) is 35.5. The fourth-order valence-corrected chi connectivity index (χ4v) is 7.33. The molecule has 4 aromatic heterocycles. The van der Waals surface area contributed by atoms with Crippen LogP contribution >= 0.6 is 22.7 Å². The molecule has 0 radical (unpaired) electrons. The summed E-state index contributed by atoms with van der Waals surface area (Å²) in [5.74, 6) is -1.24. The number of aromatic nitrogens is 2. The normalized spacial score (nSPS) is 10.8. The predicted octanol–water partition coefficient (Wildman–Crippen LogP) is 6.16. The third kappa shape index (κ3) is 6.72. The monoisotopic (exact) mass is 702 g/mol. The smallest absolute Gasteiger partial charge is 0.294 e. The highest BCUT2D eigenvalue weighted by atomic mass is 32.1. The van der Waals surface area contributed by atoms with E-state index in [1.807, 2.05) is 0 Å². The maximum absolute atomic E-state index is 12.8. The van der Waals surface area contributed by atoms with Gasteiger partial charge in [-0.1, -0.05) is 24.3 Å². The second-order valence-corrected chi connectivity index (χ2v) is 12.5. The molecule has 16 heteroatoms. The molecule has 0 saturated heterocycles. The number of pyridine rings is 2. The van der Waals surface area contributed by atoms with E-state index in [9.17, 15) is 44.5 Å². The standard InChI is InChI=1S/C17H14N2O5S.C16H12N2O5S/c1-10(20)14-15(24-2)17(21)18(13-6-7-25-16(13)14)9-11-4-3-5-12(8-11)19(22)23;1-9(19)13-14(20)16(21)17(12-5-6-24-15(12)13)8-10-3-2-4-11(7-10)18(22)23/h3-8H,9H2,1-2H3;2-7,20H,8H2,1H3. The van der Waals surface area contributed by atoms with Gasteiger partial charge in [0.2, 0.25) is 0 Å². The zero-order valence-corrected chi connectivity index (χ0v) is 27.7. The summed E-state index contributed by atoms with van der Waals surface area (Å²) in [5.41, 5.74) is 1.31. The SMILES string of the molecule is CC(=O)c1c(O)c(=O)n(Cc2cccc([N+](=O)[O-])c2)c2ccsc12.COc1c(C(C)=O)c2sccc2n(Cc2cccc([N+](=O)[O-])c2)c1=O. The van der Waals surface area contributed by atoms with Gasteiger partial charge in [-0.15, -0.1) is 22.7 Å². The van der Waals surface area contributed by atoms with Gasteiger partial charge in [0.25, 0.3) is 22.5 Å². The van der Waals surface area contributed by atoms with Crippen LogP contribution in [0.5, 0.6) is 11.5 Å². The van der Waals surface area contributed by atoms with Crippen molar-refractivity contribution < 1.29 is 29.3 Å². The van der Waals surface area contributed by atoms with Gasteiger partial charge in [-0.05, 0) is 47.9 Å². The van der Waals surface area contributed by atoms with E-state index in [1.54, 1.807) is 41.1 Å². The number of non-ortho nitro benzene ring substituents is 2. The van der Waals surface area contributed by atoms with Gasteiger partial charge in [-0.25, -0.2) is 0 Å². The summed E-state index contributed by atoms with van der Waals surface area (Å²) in [7, 11) is 1.35. The lowest BCUT2D eigenvalue weighted by Crippen LogP contribution is -2.24. The van der Waals surface area contributed by atoms with Crippen LogP contribution in [0, 0.1) is 20.2 Å². The first kappa shape index (κ1) is 34.3. The number of aromatic hydroxyl groups is 1. The number of nitro benzene ring substituents is 2. The molecule has 1 N–H and O–H groups in total. The Morgan fingerprint density at radius 2 is 1.20 bits per heavy atom. The van der Waals surface area contributed by atoms with Gasteiger partial charge in [-0.2, -0.15) is 0 Å². The van der Waals surface area contributed by atoms with E-state index < -0.39 is 26.7 Å². The van der Waals surface area contributed by atoms with Crippen molar-refractivity contribution in [1.29, 1.82) is 0 Å². The number of carbonyl (C=O) groups excluding carboxylic acids is 2. The molecule has 2 aromatic carbocycles. The van der Waals surface area contributed by atoms with Gasteiger partial charge in [0.15, 0.2) is 23.1 Å². The van der Waals surface area contributed by atoms with E-state index in [2.05, 4.69) is 0 Å². The van der Waals surface area contributed by atoms with Crippen LogP contribution in [0.2, 0.25) is 0 Å². The lowest BCUT2D eigenvalue weighted by atomic mass is 10.1. The first-order chi connectivity index (χ1) is 23.3. The molecule has 0 aliphatic heterocycles. The molecular weight excluding hydrogens is 677 g/mol. The van der Waals surface area contributed by atoms with Crippen molar-refractivity contribution in [2.45, 2.75) is 26.9 Å². The summed E-state index contributed by atoms with van der Waals surface area (Å²) in [6.45, 7) is 2.88. The van der Waals surface area contributed by atoms with Gasteiger partial charge in [-0.3, -0.25) is 48.5 Å². The second kappa shape index (κ2) is 14.0. The predicted molar refractivity (Wildman–Crippen MR) is 185 cm³/mol. The van der Waals surface area contributed by atoms with Crippen LogP contribution in [0.1, 0.15) is 45.7 Å². The molecule has 49 heavy (non-hydrogen) atoms. The van der Waals surface area contributed by atoms with E-state index in [0.29, 0.717) is 31.6 Å². The number of ether oxygens (including phenoxy) is 1. The van der Waals surface area contributed by atoms with Crippen LogP contribution in [0.15, 0.2) is 81.0 Å². The van der Waals surface area contributed by atoms with E-state index in [1.165, 1.54) is 83.1 Å². The number of nitrogens with zero attached hydrogens (tertiary/aromatic N) is 4. The molecule has 0 atom stereocenters. The molecule has 4 heterocycles. The average molecular weight is 703 g/mol. The molecule has 14 nitrogen and oxygen atoms in total. The third-order valence-corrected chi connectivity index (χ3v) is 9.35. The Labute approximate surface area is 284 Å². The van der Waals surface area contributed by atoms with Crippen LogP contribution in [0.3, 0.4) is 0 Å². The average Bonchev–Trinajstić information content (AvgIpc) is 3.75. The number of carbonyl (C=O) groups is 2. The summed E-state index contributed by atoms with van der Waals surface area (Å²) in [4.78, 5) is 69.8. The fraction of sp³-hybridized carbons (Fsp3) is 0.152. The minimum atomic E-state index is -0.697.